The fourth-order valence-corrected chi connectivity index (χ4v) is 3.54. The molecule has 0 radical (unpaired) electrons. The number of ether oxygens (including phenoxy) is 3. The second kappa shape index (κ2) is 9.95. The van der Waals surface area contributed by atoms with Crippen molar-refractivity contribution >= 4 is 17.4 Å². The third-order valence-electron chi connectivity index (χ3n) is 5.01. The van der Waals surface area contributed by atoms with Gasteiger partial charge in [0.2, 0.25) is 0 Å². The summed E-state index contributed by atoms with van der Waals surface area (Å²) in [6.45, 7) is 4.39. The van der Waals surface area contributed by atoms with Gasteiger partial charge in [0.1, 0.15) is 23.9 Å². The van der Waals surface area contributed by atoms with Gasteiger partial charge < -0.3 is 24.2 Å². The topological polar surface area (TPSA) is 85.3 Å². The number of carbonyl (C=O) groups is 2. The van der Waals surface area contributed by atoms with Gasteiger partial charge in [-0.05, 0) is 30.3 Å². The van der Waals surface area contributed by atoms with E-state index in [1.807, 2.05) is 0 Å². The molecule has 1 aliphatic rings. The molecule has 7 heteroatoms. The molecule has 2 aromatic rings. The highest BCUT2D eigenvalue weighted by Gasteiger charge is 2.46. The van der Waals surface area contributed by atoms with Crippen molar-refractivity contribution in [1.29, 1.82) is 0 Å². The summed E-state index contributed by atoms with van der Waals surface area (Å²) in [6.07, 6.45) is 1.63. The minimum absolute atomic E-state index is 0.00497. The van der Waals surface area contributed by atoms with Crippen molar-refractivity contribution in [3.63, 3.8) is 0 Å². The predicted molar refractivity (Wildman–Crippen MR) is 116 cm³/mol. The maximum atomic E-state index is 13.0. The lowest BCUT2D eigenvalue weighted by Crippen LogP contribution is -2.32. The first-order valence-electron chi connectivity index (χ1n) is 9.77. The molecule has 31 heavy (non-hydrogen) atoms. The molecule has 162 valence electrons. The molecular formula is C24H25NO6. The SMILES string of the molecule is C=CCOc1ccc(/C(O)=C2\C(=O)C(=O)N(CCOC)C2c2ccccc2OC)cc1. The van der Waals surface area contributed by atoms with Gasteiger partial charge in [0, 0.05) is 24.8 Å². The Morgan fingerprint density at radius 2 is 1.84 bits per heavy atom. The number of hydrogen-bond donors (Lipinski definition) is 1. The van der Waals surface area contributed by atoms with Crippen molar-refractivity contribution in [3.05, 3.63) is 77.9 Å². The molecule has 2 aromatic carbocycles. The molecule has 1 amide bonds. The molecule has 1 unspecified atom stereocenters. The normalized spacial score (nSPS) is 17.6. The minimum Gasteiger partial charge on any atom is -0.507 e. The quantitative estimate of drug-likeness (QED) is 0.288. The van der Waals surface area contributed by atoms with Crippen LogP contribution in [0.3, 0.4) is 0 Å². The summed E-state index contributed by atoms with van der Waals surface area (Å²) in [7, 11) is 3.03. The van der Waals surface area contributed by atoms with E-state index in [4.69, 9.17) is 14.2 Å². The van der Waals surface area contributed by atoms with Gasteiger partial charge in [-0.1, -0.05) is 30.9 Å². The lowest BCUT2D eigenvalue weighted by Gasteiger charge is -2.26. The van der Waals surface area contributed by atoms with E-state index in [0.717, 1.165) is 0 Å². The number of rotatable bonds is 9. The summed E-state index contributed by atoms with van der Waals surface area (Å²) in [6, 6.07) is 12.9. The number of nitrogens with zero attached hydrogens (tertiary/aromatic N) is 1. The van der Waals surface area contributed by atoms with Crippen LogP contribution < -0.4 is 9.47 Å². The molecule has 0 saturated carbocycles. The number of likely N-dealkylation sites (tertiary alicyclic amines) is 1. The molecule has 1 fully saturated rings. The number of aliphatic hydroxyl groups is 1. The van der Waals surface area contributed by atoms with Crippen LogP contribution in [0.1, 0.15) is 17.2 Å². The van der Waals surface area contributed by atoms with Crippen LogP contribution in [0.25, 0.3) is 5.76 Å². The zero-order valence-electron chi connectivity index (χ0n) is 17.5. The van der Waals surface area contributed by atoms with Crippen LogP contribution >= 0.6 is 0 Å². The zero-order chi connectivity index (χ0) is 22.4. The molecule has 1 atom stereocenters. The second-order valence-electron chi connectivity index (χ2n) is 6.85. The highest BCUT2D eigenvalue weighted by molar-refractivity contribution is 6.46. The van der Waals surface area contributed by atoms with Gasteiger partial charge in [-0.2, -0.15) is 0 Å². The van der Waals surface area contributed by atoms with Crippen molar-refractivity contribution in [2.75, 3.05) is 34.0 Å². The molecule has 1 N–H and O–H groups in total. The Kier molecular flexibility index (Phi) is 7.10. The van der Waals surface area contributed by atoms with Gasteiger partial charge in [-0.3, -0.25) is 9.59 Å². The van der Waals surface area contributed by atoms with Gasteiger partial charge in [0.25, 0.3) is 11.7 Å². The van der Waals surface area contributed by atoms with E-state index in [-0.39, 0.29) is 24.5 Å². The highest BCUT2D eigenvalue weighted by atomic mass is 16.5. The van der Waals surface area contributed by atoms with Gasteiger partial charge in [-0.25, -0.2) is 0 Å². The average molecular weight is 423 g/mol. The Morgan fingerprint density at radius 3 is 2.48 bits per heavy atom. The van der Waals surface area contributed by atoms with Crippen molar-refractivity contribution in [2.45, 2.75) is 6.04 Å². The number of benzene rings is 2. The third kappa shape index (κ3) is 4.46. The van der Waals surface area contributed by atoms with Gasteiger partial charge in [-0.15, -0.1) is 0 Å². The van der Waals surface area contributed by atoms with Crippen LogP contribution in [0.5, 0.6) is 11.5 Å². The largest absolute Gasteiger partial charge is 0.507 e. The van der Waals surface area contributed by atoms with Gasteiger partial charge in [0.05, 0.1) is 25.3 Å². The number of ketones is 1. The van der Waals surface area contributed by atoms with E-state index in [9.17, 15) is 14.7 Å². The van der Waals surface area contributed by atoms with Crippen LogP contribution in [-0.2, 0) is 14.3 Å². The monoisotopic (exact) mass is 423 g/mol. The number of aliphatic hydroxyl groups excluding tert-OH is 1. The standard InChI is InChI=1S/C24H25NO6/c1-4-14-31-17-11-9-16(10-12-17)22(26)20-21(18-7-5-6-8-19(18)30-3)25(13-15-29-2)24(28)23(20)27/h4-12,21,26H,1,13-15H2,2-3H3/b22-20+. The number of Topliss-reactive ketones (excluding diaryl/α,β-unsaturated/α-hetero) is 1. The van der Waals surface area contributed by atoms with Crippen molar-refractivity contribution in [1.82, 2.24) is 4.90 Å². The minimum atomic E-state index is -0.803. The van der Waals surface area contributed by atoms with Crippen molar-refractivity contribution in [2.24, 2.45) is 0 Å². The Labute approximate surface area is 181 Å². The van der Waals surface area contributed by atoms with Gasteiger partial charge >= 0.3 is 0 Å². The zero-order valence-corrected chi connectivity index (χ0v) is 17.5. The summed E-state index contributed by atoms with van der Waals surface area (Å²) >= 11 is 0. The highest BCUT2D eigenvalue weighted by Crippen LogP contribution is 2.42. The van der Waals surface area contributed by atoms with Crippen LogP contribution in [0, 0.1) is 0 Å². The molecule has 0 aliphatic carbocycles. The van der Waals surface area contributed by atoms with E-state index >= 15 is 0 Å². The summed E-state index contributed by atoms with van der Waals surface area (Å²) < 4.78 is 16.0. The summed E-state index contributed by atoms with van der Waals surface area (Å²) in [5.74, 6) is -0.601. The fourth-order valence-electron chi connectivity index (χ4n) is 3.54. The summed E-state index contributed by atoms with van der Waals surface area (Å²) in [4.78, 5) is 27.2. The maximum Gasteiger partial charge on any atom is 0.295 e. The third-order valence-corrected chi connectivity index (χ3v) is 5.01. The molecular weight excluding hydrogens is 398 g/mol. The lowest BCUT2D eigenvalue weighted by molar-refractivity contribution is -0.140. The van der Waals surface area contributed by atoms with Crippen LogP contribution in [0.4, 0.5) is 0 Å². The summed E-state index contributed by atoms with van der Waals surface area (Å²) in [5, 5.41) is 11.1. The van der Waals surface area contributed by atoms with E-state index < -0.39 is 17.7 Å². The summed E-state index contributed by atoms with van der Waals surface area (Å²) in [5.41, 5.74) is 1.01. The molecule has 1 saturated heterocycles. The lowest BCUT2D eigenvalue weighted by atomic mass is 9.94. The first-order valence-corrected chi connectivity index (χ1v) is 9.77. The Hall–Kier alpha value is -3.58. The molecule has 0 bridgehead atoms. The number of methoxy groups -OCH3 is 2. The van der Waals surface area contributed by atoms with Crippen LogP contribution in [0.2, 0.25) is 0 Å². The molecule has 1 aliphatic heterocycles. The number of amides is 1. The van der Waals surface area contributed by atoms with E-state index in [1.54, 1.807) is 54.6 Å². The Morgan fingerprint density at radius 1 is 1.13 bits per heavy atom. The smallest absolute Gasteiger partial charge is 0.295 e. The molecule has 0 aromatic heterocycles. The van der Waals surface area contributed by atoms with Crippen LogP contribution in [0.15, 0.2) is 66.8 Å². The predicted octanol–water partition coefficient (Wildman–Crippen LogP) is 3.33. The Bertz CT molecular complexity index is 995. The van der Waals surface area contributed by atoms with E-state index in [2.05, 4.69) is 6.58 Å². The van der Waals surface area contributed by atoms with Crippen molar-refractivity contribution < 1.29 is 28.9 Å². The first kappa shape index (κ1) is 22.1. The van der Waals surface area contributed by atoms with Crippen LogP contribution in [-0.4, -0.2) is 55.7 Å². The van der Waals surface area contributed by atoms with Gasteiger partial charge in [0.15, 0.2) is 0 Å². The Balaban J connectivity index is 2.11. The van der Waals surface area contributed by atoms with E-state index in [0.29, 0.717) is 29.2 Å². The van der Waals surface area contributed by atoms with Crippen molar-refractivity contribution in [3.8, 4) is 11.5 Å². The number of para-hydroxylation sites is 1. The second-order valence-corrected chi connectivity index (χ2v) is 6.85. The molecule has 7 nitrogen and oxygen atoms in total. The maximum absolute atomic E-state index is 13.0. The number of hydrogen-bond acceptors (Lipinski definition) is 6. The first-order chi connectivity index (χ1) is 15.0. The molecule has 0 spiro atoms. The molecule has 1 heterocycles. The molecule has 3 rings (SSSR count). The average Bonchev–Trinajstić information content (AvgIpc) is 3.05. The van der Waals surface area contributed by atoms with E-state index in [1.165, 1.54) is 19.1 Å². The fraction of sp³-hybridized carbons (Fsp3) is 0.250. The number of carbonyl (C=O) groups excluding carboxylic acids is 2.